The number of anilines is 1. The molecule has 0 radical (unpaired) electrons. The summed E-state index contributed by atoms with van der Waals surface area (Å²) in [5.41, 5.74) is 3.38. The Balaban J connectivity index is 1.52. The van der Waals surface area contributed by atoms with E-state index in [1.165, 1.54) is 0 Å². The Morgan fingerprint density at radius 1 is 1.14 bits per heavy atom. The van der Waals surface area contributed by atoms with Crippen LogP contribution in [0.4, 0.5) is 5.69 Å². The lowest BCUT2D eigenvalue weighted by Gasteiger charge is -2.27. The summed E-state index contributed by atoms with van der Waals surface area (Å²) in [4.78, 5) is 26.4. The fraction of sp³-hybridized carbons (Fsp3) is 0.333. The maximum absolute atomic E-state index is 12.5. The third-order valence-electron chi connectivity index (χ3n) is 4.69. The summed E-state index contributed by atoms with van der Waals surface area (Å²) in [5.74, 6) is -0.219. The summed E-state index contributed by atoms with van der Waals surface area (Å²) in [6.07, 6.45) is 0. The van der Waals surface area contributed by atoms with Crippen LogP contribution in [0.1, 0.15) is 21.5 Å². The lowest BCUT2D eigenvalue weighted by atomic mass is 10.1. The van der Waals surface area contributed by atoms with Crippen LogP contribution in [-0.2, 0) is 16.1 Å². The number of hydrogen-bond donors (Lipinski definition) is 2. The molecule has 1 heterocycles. The van der Waals surface area contributed by atoms with Gasteiger partial charge < -0.3 is 20.3 Å². The van der Waals surface area contributed by atoms with Crippen LogP contribution in [0.3, 0.4) is 0 Å². The first-order valence-corrected chi connectivity index (χ1v) is 9.64. The molecule has 0 bridgehead atoms. The molecule has 0 aliphatic carbocycles. The Morgan fingerprint density at radius 2 is 1.89 bits per heavy atom. The fourth-order valence-electron chi connectivity index (χ4n) is 2.98. The number of carbonyl (C=O) groups excluding carboxylic acids is 2. The number of benzene rings is 2. The van der Waals surface area contributed by atoms with Crippen LogP contribution < -0.4 is 10.6 Å². The van der Waals surface area contributed by atoms with Gasteiger partial charge in [-0.3, -0.25) is 9.59 Å². The summed E-state index contributed by atoms with van der Waals surface area (Å²) in [5, 5.41) is 6.29. The van der Waals surface area contributed by atoms with E-state index in [0.717, 1.165) is 11.1 Å². The first kappa shape index (κ1) is 20.2. The monoisotopic (exact) mass is 401 g/mol. The van der Waals surface area contributed by atoms with Gasteiger partial charge in [-0.15, -0.1) is 0 Å². The first-order chi connectivity index (χ1) is 13.5. The molecule has 28 heavy (non-hydrogen) atoms. The average molecular weight is 402 g/mol. The number of carbonyl (C=O) groups is 2. The van der Waals surface area contributed by atoms with Gasteiger partial charge in [0.15, 0.2) is 0 Å². The summed E-state index contributed by atoms with van der Waals surface area (Å²) in [6.45, 7) is 4.84. The van der Waals surface area contributed by atoms with Crippen molar-refractivity contribution < 1.29 is 14.3 Å². The second kappa shape index (κ2) is 9.57. The van der Waals surface area contributed by atoms with Gasteiger partial charge in [-0.05, 0) is 36.2 Å². The van der Waals surface area contributed by atoms with Crippen molar-refractivity contribution >= 4 is 29.1 Å². The zero-order valence-corrected chi connectivity index (χ0v) is 16.6. The number of amides is 2. The van der Waals surface area contributed by atoms with Crippen LogP contribution in [0.25, 0.3) is 0 Å². The number of aryl methyl sites for hydroxylation is 1. The van der Waals surface area contributed by atoms with Crippen LogP contribution in [-0.4, -0.2) is 49.6 Å². The van der Waals surface area contributed by atoms with Gasteiger partial charge in [0.1, 0.15) is 0 Å². The molecule has 0 atom stereocenters. The number of nitrogens with zero attached hydrogens (tertiary/aromatic N) is 1. The van der Waals surface area contributed by atoms with Crippen LogP contribution in [0.15, 0.2) is 42.5 Å². The summed E-state index contributed by atoms with van der Waals surface area (Å²) < 4.78 is 5.27. The van der Waals surface area contributed by atoms with Crippen LogP contribution in [0.2, 0.25) is 5.02 Å². The summed E-state index contributed by atoms with van der Waals surface area (Å²) in [7, 11) is 0. The van der Waals surface area contributed by atoms with Crippen molar-refractivity contribution in [2.24, 2.45) is 0 Å². The minimum atomic E-state index is -0.118. The molecule has 6 nitrogen and oxygen atoms in total. The number of morpholine rings is 1. The zero-order chi connectivity index (χ0) is 19.9. The van der Waals surface area contributed by atoms with Crippen molar-refractivity contribution in [3.63, 3.8) is 0 Å². The molecule has 2 amide bonds. The molecule has 1 saturated heterocycles. The minimum Gasteiger partial charge on any atom is -0.378 e. The highest BCUT2D eigenvalue weighted by atomic mass is 35.5. The first-order valence-electron chi connectivity index (χ1n) is 9.26. The Bertz CT molecular complexity index is 851. The van der Waals surface area contributed by atoms with Gasteiger partial charge in [0.25, 0.3) is 5.91 Å². The lowest BCUT2D eigenvalue weighted by molar-refractivity contribution is -0.119. The molecule has 1 fully saturated rings. The lowest BCUT2D eigenvalue weighted by Crippen LogP contribution is -2.40. The van der Waals surface area contributed by atoms with E-state index >= 15 is 0 Å². The quantitative estimate of drug-likeness (QED) is 0.780. The Morgan fingerprint density at radius 3 is 2.61 bits per heavy atom. The molecule has 1 aliphatic heterocycles. The third kappa shape index (κ3) is 5.24. The van der Waals surface area contributed by atoms with Gasteiger partial charge in [0, 0.05) is 25.3 Å². The van der Waals surface area contributed by atoms with E-state index in [1.54, 1.807) is 23.1 Å². The number of rotatable bonds is 6. The molecule has 7 heteroatoms. The average Bonchev–Trinajstić information content (AvgIpc) is 2.72. The van der Waals surface area contributed by atoms with E-state index in [2.05, 4.69) is 10.6 Å². The van der Waals surface area contributed by atoms with E-state index < -0.39 is 0 Å². The van der Waals surface area contributed by atoms with E-state index in [-0.39, 0.29) is 18.4 Å². The summed E-state index contributed by atoms with van der Waals surface area (Å²) in [6, 6.07) is 13.0. The largest absolute Gasteiger partial charge is 0.378 e. The second-order valence-corrected chi connectivity index (χ2v) is 7.06. The highest BCUT2D eigenvalue weighted by Crippen LogP contribution is 2.22. The van der Waals surface area contributed by atoms with Crippen molar-refractivity contribution in [1.29, 1.82) is 0 Å². The Kier molecular flexibility index (Phi) is 6.90. The molecular weight excluding hydrogens is 378 g/mol. The van der Waals surface area contributed by atoms with Crippen molar-refractivity contribution in [1.82, 2.24) is 10.2 Å². The second-order valence-electron chi connectivity index (χ2n) is 6.66. The van der Waals surface area contributed by atoms with E-state index in [0.29, 0.717) is 49.1 Å². The van der Waals surface area contributed by atoms with Crippen molar-refractivity contribution in [2.75, 3.05) is 38.2 Å². The zero-order valence-electron chi connectivity index (χ0n) is 15.8. The maximum Gasteiger partial charge on any atom is 0.255 e. The molecule has 2 aromatic rings. The normalized spacial score (nSPS) is 13.9. The van der Waals surface area contributed by atoms with Crippen LogP contribution >= 0.6 is 11.6 Å². The Labute approximate surface area is 169 Å². The van der Waals surface area contributed by atoms with Gasteiger partial charge >= 0.3 is 0 Å². The number of ether oxygens (including phenoxy) is 1. The highest BCUT2D eigenvalue weighted by molar-refractivity contribution is 6.34. The molecule has 0 saturated carbocycles. The van der Waals surface area contributed by atoms with Crippen LogP contribution in [0, 0.1) is 6.92 Å². The molecule has 2 N–H and O–H groups in total. The topological polar surface area (TPSA) is 70.7 Å². The molecule has 0 unspecified atom stereocenters. The Hall–Kier alpha value is -2.57. The maximum atomic E-state index is 12.5. The highest BCUT2D eigenvalue weighted by Gasteiger charge is 2.20. The van der Waals surface area contributed by atoms with Gasteiger partial charge in [0.2, 0.25) is 5.91 Å². The van der Waals surface area contributed by atoms with Crippen molar-refractivity contribution in [2.45, 2.75) is 13.5 Å². The van der Waals surface area contributed by atoms with E-state index in [9.17, 15) is 9.59 Å². The number of halogens is 1. The number of nitrogens with one attached hydrogen (secondary N) is 2. The van der Waals surface area contributed by atoms with Gasteiger partial charge in [-0.25, -0.2) is 0 Å². The predicted octanol–water partition coefficient (Wildman–Crippen LogP) is 2.85. The SMILES string of the molecule is Cc1ccccc1CNC(=O)CNc1ccc(C(=O)N2CCOCC2)c(Cl)c1. The predicted molar refractivity (Wildman–Crippen MR) is 110 cm³/mol. The van der Waals surface area contributed by atoms with Gasteiger partial charge in [-0.1, -0.05) is 35.9 Å². The summed E-state index contributed by atoms with van der Waals surface area (Å²) >= 11 is 6.30. The molecule has 2 aromatic carbocycles. The molecular formula is C21H24ClN3O3. The van der Waals surface area contributed by atoms with Crippen molar-refractivity contribution in [3.8, 4) is 0 Å². The third-order valence-corrected chi connectivity index (χ3v) is 5.00. The number of hydrogen-bond acceptors (Lipinski definition) is 4. The fourth-order valence-corrected chi connectivity index (χ4v) is 3.24. The smallest absolute Gasteiger partial charge is 0.255 e. The minimum absolute atomic E-state index is 0.101. The van der Waals surface area contributed by atoms with Gasteiger partial charge in [-0.2, -0.15) is 0 Å². The van der Waals surface area contributed by atoms with E-state index in [4.69, 9.17) is 16.3 Å². The molecule has 0 aromatic heterocycles. The van der Waals surface area contributed by atoms with Gasteiger partial charge in [0.05, 0.1) is 30.3 Å². The van der Waals surface area contributed by atoms with Crippen molar-refractivity contribution in [3.05, 3.63) is 64.2 Å². The molecule has 148 valence electrons. The molecule has 0 spiro atoms. The molecule has 1 aliphatic rings. The standard InChI is InChI=1S/C21H24ClN3O3/c1-15-4-2-3-5-16(15)13-24-20(26)14-23-17-6-7-18(19(22)12-17)21(27)25-8-10-28-11-9-25/h2-7,12,23H,8-11,13-14H2,1H3,(H,24,26). The van der Waals surface area contributed by atoms with E-state index in [1.807, 2.05) is 31.2 Å². The van der Waals surface area contributed by atoms with Crippen LogP contribution in [0.5, 0.6) is 0 Å². The molecule has 3 rings (SSSR count).